The Kier molecular flexibility index (Phi) is 5.86. The van der Waals surface area contributed by atoms with Gasteiger partial charge >= 0.3 is 0 Å². The van der Waals surface area contributed by atoms with Crippen LogP contribution in [0.3, 0.4) is 0 Å². The van der Waals surface area contributed by atoms with Crippen molar-refractivity contribution in [3.8, 4) is 0 Å². The zero-order valence-electron chi connectivity index (χ0n) is 12.3. The van der Waals surface area contributed by atoms with Crippen molar-refractivity contribution in [3.05, 3.63) is 23.9 Å². The summed E-state index contributed by atoms with van der Waals surface area (Å²) >= 11 is 1.50. The maximum Gasteiger partial charge on any atom is 0.254 e. The van der Waals surface area contributed by atoms with Gasteiger partial charge in [-0.2, -0.15) is 0 Å². The first-order chi connectivity index (χ1) is 9.72. The smallest absolute Gasteiger partial charge is 0.254 e. The third-order valence-electron chi connectivity index (χ3n) is 3.83. The molecule has 0 bridgehead atoms. The summed E-state index contributed by atoms with van der Waals surface area (Å²) in [6, 6.07) is 4.28. The first kappa shape index (κ1) is 15.3. The molecule has 5 heteroatoms. The Balaban J connectivity index is 1.83. The van der Waals surface area contributed by atoms with Crippen LogP contribution in [0, 0.1) is 0 Å². The second kappa shape index (κ2) is 7.64. The van der Waals surface area contributed by atoms with Gasteiger partial charge in [0, 0.05) is 25.3 Å². The summed E-state index contributed by atoms with van der Waals surface area (Å²) in [5.41, 5.74) is 0.673. The molecule has 1 saturated heterocycles. The molecule has 20 heavy (non-hydrogen) atoms. The molecule has 1 aromatic rings. The number of aromatic nitrogens is 1. The second-order valence-corrected chi connectivity index (χ2v) is 5.99. The lowest BCUT2D eigenvalue weighted by Gasteiger charge is -2.33. The van der Waals surface area contributed by atoms with Crippen LogP contribution < -0.4 is 5.32 Å². The highest BCUT2D eigenvalue weighted by Crippen LogP contribution is 2.17. The Bertz CT molecular complexity index is 452. The Morgan fingerprint density at radius 2 is 2.40 bits per heavy atom. The van der Waals surface area contributed by atoms with Crippen LogP contribution >= 0.6 is 11.8 Å². The molecular formula is C15H23N3OS. The molecule has 110 valence electrons. The fourth-order valence-corrected chi connectivity index (χ4v) is 3.17. The Hall–Kier alpha value is -1.07. The average Bonchev–Trinajstić information content (AvgIpc) is 2.49. The van der Waals surface area contributed by atoms with E-state index in [0.717, 1.165) is 18.1 Å². The summed E-state index contributed by atoms with van der Waals surface area (Å²) in [7, 11) is 0. The number of likely N-dealkylation sites (tertiary alicyclic amines) is 1. The molecule has 1 unspecified atom stereocenters. The van der Waals surface area contributed by atoms with Crippen LogP contribution in [0.5, 0.6) is 0 Å². The molecule has 1 amide bonds. The molecule has 1 atom stereocenters. The quantitative estimate of drug-likeness (QED) is 0.847. The van der Waals surface area contributed by atoms with Crippen molar-refractivity contribution in [2.75, 3.05) is 25.9 Å². The van der Waals surface area contributed by atoms with Crippen molar-refractivity contribution < 1.29 is 4.79 Å². The summed E-state index contributed by atoms with van der Waals surface area (Å²) in [6.45, 7) is 5.06. The van der Waals surface area contributed by atoms with Gasteiger partial charge in [-0.3, -0.25) is 9.69 Å². The highest BCUT2D eigenvalue weighted by Gasteiger charge is 2.18. The van der Waals surface area contributed by atoms with Crippen LogP contribution in [0.15, 0.2) is 23.4 Å². The molecule has 0 aromatic carbocycles. The van der Waals surface area contributed by atoms with Gasteiger partial charge in [0.05, 0.1) is 5.56 Å². The fourth-order valence-electron chi connectivity index (χ4n) is 2.62. The number of thioether (sulfide) groups is 1. The molecule has 2 rings (SSSR count). The third kappa shape index (κ3) is 3.96. The number of nitrogens with one attached hydrogen (secondary N) is 1. The number of rotatable bonds is 5. The molecule has 2 heterocycles. The van der Waals surface area contributed by atoms with Crippen molar-refractivity contribution in [1.29, 1.82) is 0 Å². The predicted octanol–water partition coefficient (Wildman–Crippen LogP) is 2.41. The van der Waals surface area contributed by atoms with Crippen molar-refractivity contribution in [1.82, 2.24) is 15.2 Å². The van der Waals surface area contributed by atoms with E-state index in [2.05, 4.69) is 22.1 Å². The summed E-state index contributed by atoms with van der Waals surface area (Å²) in [6.07, 6.45) is 7.54. The zero-order chi connectivity index (χ0) is 14.4. The first-order valence-electron chi connectivity index (χ1n) is 7.23. The molecule has 1 N–H and O–H groups in total. The van der Waals surface area contributed by atoms with Gasteiger partial charge in [-0.25, -0.2) is 4.98 Å². The Morgan fingerprint density at radius 1 is 1.55 bits per heavy atom. The summed E-state index contributed by atoms with van der Waals surface area (Å²) < 4.78 is 0. The van der Waals surface area contributed by atoms with Crippen LogP contribution in [0.1, 0.15) is 36.5 Å². The zero-order valence-corrected chi connectivity index (χ0v) is 13.1. The Morgan fingerprint density at radius 3 is 3.15 bits per heavy atom. The van der Waals surface area contributed by atoms with E-state index >= 15 is 0 Å². The van der Waals surface area contributed by atoms with Gasteiger partial charge in [0.25, 0.3) is 5.91 Å². The number of piperidine rings is 1. The standard InChI is InChI=1S/C15H23N3OS/c1-12-6-3-4-10-18(12)11-9-16-14(19)13-7-5-8-17-15(13)20-2/h5,7-8,12H,3-4,6,9-11H2,1-2H3,(H,16,19). The molecular weight excluding hydrogens is 270 g/mol. The van der Waals surface area contributed by atoms with Gasteiger partial charge in [0.15, 0.2) is 0 Å². The van der Waals surface area contributed by atoms with E-state index in [-0.39, 0.29) is 5.91 Å². The molecule has 4 nitrogen and oxygen atoms in total. The first-order valence-corrected chi connectivity index (χ1v) is 8.46. The minimum atomic E-state index is -0.0212. The number of amides is 1. The van der Waals surface area contributed by atoms with Crippen LogP contribution in [-0.2, 0) is 0 Å². The molecule has 1 fully saturated rings. The summed E-state index contributed by atoms with van der Waals surface area (Å²) in [5, 5.41) is 3.80. The van der Waals surface area contributed by atoms with Gasteiger partial charge in [-0.05, 0) is 44.7 Å². The van der Waals surface area contributed by atoms with E-state index in [9.17, 15) is 4.79 Å². The molecule has 1 aliphatic rings. The fraction of sp³-hybridized carbons (Fsp3) is 0.600. The van der Waals surface area contributed by atoms with Crippen LogP contribution in [0.25, 0.3) is 0 Å². The van der Waals surface area contributed by atoms with Crippen molar-refractivity contribution in [3.63, 3.8) is 0 Å². The van der Waals surface area contributed by atoms with Crippen LogP contribution in [0.2, 0.25) is 0 Å². The maximum absolute atomic E-state index is 12.2. The topological polar surface area (TPSA) is 45.2 Å². The SMILES string of the molecule is CSc1ncccc1C(=O)NCCN1CCCCC1C. The van der Waals surface area contributed by atoms with E-state index in [4.69, 9.17) is 0 Å². The summed E-state index contributed by atoms with van der Waals surface area (Å²) in [4.78, 5) is 18.8. The largest absolute Gasteiger partial charge is 0.351 e. The van der Waals surface area contributed by atoms with Crippen molar-refractivity contribution >= 4 is 17.7 Å². The molecule has 0 radical (unpaired) electrons. The predicted molar refractivity (Wildman–Crippen MR) is 83.2 cm³/mol. The average molecular weight is 293 g/mol. The lowest BCUT2D eigenvalue weighted by molar-refractivity contribution is 0.0935. The minimum Gasteiger partial charge on any atom is -0.351 e. The van der Waals surface area contributed by atoms with E-state index in [1.54, 1.807) is 12.3 Å². The lowest BCUT2D eigenvalue weighted by atomic mass is 10.0. The number of carbonyl (C=O) groups is 1. The number of pyridine rings is 1. The molecule has 1 aromatic heterocycles. The molecule has 0 spiro atoms. The number of hydrogen-bond donors (Lipinski definition) is 1. The number of hydrogen-bond acceptors (Lipinski definition) is 4. The van der Waals surface area contributed by atoms with Crippen molar-refractivity contribution in [2.45, 2.75) is 37.3 Å². The highest BCUT2D eigenvalue weighted by molar-refractivity contribution is 7.98. The van der Waals surface area contributed by atoms with Gasteiger partial charge in [-0.1, -0.05) is 6.42 Å². The molecule has 0 saturated carbocycles. The van der Waals surface area contributed by atoms with Crippen LogP contribution in [0.4, 0.5) is 0 Å². The number of carbonyl (C=O) groups excluding carboxylic acids is 1. The normalized spacial score (nSPS) is 19.8. The van der Waals surface area contributed by atoms with Gasteiger partial charge in [0.2, 0.25) is 0 Å². The molecule has 0 aliphatic carbocycles. The van der Waals surface area contributed by atoms with Gasteiger partial charge < -0.3 is 5.32 Å². The minimum absolute atomic E-state index is 0.0212. The second-order valence-electron chi connectivity index (χ2n) is 5.20. The molecule has 1 aliphatic heterocycles. The van der Waals surface area contributed by atoms with E-state index in [0.29, 0.717) is 18.2 Å². The van der Waals surface area contributed by atoms with E-state index in [1.807, 2.05) is 12.3 Å². The van der Waals surface area contributed by atoms with Gasteiger partial charge in [0.1, 0.15) is 5.03 Å². The van der Waals surface area contributed by atoms with Crippen molar-refractivity contribution in [2.24, 2.45) is 0 Å². The lowest BCUT2D eigenvalue weighted by Crippen LogP contribution is -2.42. The Labute approximate surface area is 125 Å². The maximum atomic E-state index is 12.2. The van der Waals surface area contributed by atoms with E-state index < -0.39 is 0 Å². The van der Waals surface area contributed by atoms with E-state index in [1.165, 1.54) is 31.0 Å². The van der Waals surface area contributed by atoms with Gasteiger partial charge in [-0.15, -0.1) is 11.8 Å². The number of nitrogens with zero attached hydrogens (tertiary/aromatic N) is 2. The van der Waals surface area contributed by atoms with Crippen LogP contribution in [-0.4, -0.2) is 47.7 Å². The highest BCUT2D eigenvalue weighted by atomic mass is 32.2. The third-order valence-corrected chi connectivity index (χ3v) is 4.55. The monoisotopic (exact) mass is 293 g/mol. The summed E-state index contributed by atoms with van der Waals surface area (Å²) in [5.74, 6) is -0.0212.